The fourth-order valence-electron chi connectivity index (χ4n) is 2.01. The Morgan fingerprint density at radius 3 is 2.35 bits per heavy atom. The van der Waals surface area contributed by atoms with Gasteiger partial charge in [-0.3, -0.25) is 9.45 Å². The topological polar surface area (TPSA) is 110 Å². The molecule has 2 unspecified atom stereocenters. The minimum absolute atomic E-state index is 0.114. The van der Waals surface area contributed by atoms with Gasteiger partial charge in [0, 0.05) is 32.8 Å². The lowest BCUT2D eigenvalue weighted by atomic mass is 10.2. The van der Waals surface area contributed by atoms with E-state index >= 15 is 0 Å². The van der Waals surface area contributed by atoms with E-state index in [2.05, 4.69) is 5.32 Å². The lowest BCUT2D eigenvalue weighted by Gasteiger charge is -2.35. The summed E-state index contributed by atoms with van der Waals surface area (Å²) < 4.78 is 31.8. The van der Waals surface area contributed by atoms with E-state index in [4.69, 9.17) is 5.11 Å². The first-order valence-corrected chi connectivity index (χ1v) is 7.17. The summed E-state index contributed by atoms with van der Waals surface area (Å²) in [5.74, 6) is 0. The van der Waals surface area contributed by atoms with E-state index in [9.17, 15) is 18.1 Å². The maximum Gasteiger partial charge on any atom is 0.283 e. The van der Waals surface area contributed by atoms with Crippen LogP contribution in [0.5, 0.6) is 0 Å². The van der Waals surface area contributed by atoms with Crippen LogP contribution in [0.1, 0.15) is 12.8 Å². The van der Waals surface area contributed by atoms with Gasteiger partial charge in [0.2, 0.25) is 0 Å². The zero-order valence-corrected chi connectivity index (χ0v) is 10.4. The molecule has 4 N–H and O–H groups in total. The number of aliphatic hydroxyl groups excluding tert-OH is 2. The van der Waals surface area contributed by atoms with Gasteiger partial charge in [-0.05, 0) is 12.8 Å². The van der Waals surface area contributed by atoms with Gasteiger partial charge in [0.1, 0.15) is 0 Å². The molecule has 1 aliphatic rings. The summed E-state index contributed by atoms with van der Waals surface area (Å²) in [5, 5.41) is 20.2. The first-order valence-electron chi connectivity index (χ1n) is 5.67. The van der Waals surface area contributed by atoms with E-state index in [1.165, 1.54) is 0 Å². The second-order valence-corrected chi connectivity index (χ2v) is 5.64. The van der Waals surface area contributed by atoms with Crippen LogP contribution in [0.3, 0.4) is 0 Å². The Balaban J connectivity index is 2.72. The van der Waals surface area contributed by atoms with Crippen LogP contribution in [-0.4, -0.2) is 72.3 Å². The highest BCUT2D eigenvalue weighted by Gasteiger charge is 2.36. The average molecular weight is 268 g/mol. The zero-order valence-electron chi connectivity index (χ0n) is 9.62. The molecule has 1 heterocycles. The summed E-state index contributed by atoms with van der Waals surface area (Å²) in [5.41, 5.74) is 0. The summed E-state index contributed by atoms with van der Waals surface area (Å²) in [4.78, 5) is 1.55. The van der Waals surface area contributed by atoms with Crippen molar-refractivity contribution in [1.29, 1.82) is 0 Å². The van der Waals surface area contributed by atoms with Crippen LogP contribution < -0.4 is 5.32 Å². The second-order valence-electron chi connectivity index (χ2n) is 4.12. The van der Waals surface area contributed by atoms with Gasteiger partial charge < -0.3 is 15.5 Å². The van der Waals surface area contributed by atoms with Crippen LogP contribution >= 0.6 is 0 Å². The van der Waals surface area contributed by atoms with Gasteiger partial charge in [-0.15, -0.1) is 0 Å². The molecule has 7 nitrogen and oxygen atoms in total. The third-order valence-corrected chi connectivity index (χ3v) is 4.03. The van der Waals surface area contributed by atoms with Crippen molar-refractivity contribution < 1.29 is 23.2 Å². The molecular formula is C9H20N2O5S. The van der Waals surface area contributed by atoms with Gasteiger partial charge in [-0.25, -0.2) is 0 Å². The highest BCUT2D eigenvalue weighted by atomic mass is 32.2. The molecule has 0 aromatic heterocycles. The van der Waals surface area contributed by atoms with Crippen LogP contribution in [0.2, 0.25) is 0 Å². The second kappa shape index (κ2) is 6.62. The Kier molecular flexibility index (Phi) is 5.77. The third kappa shape index (κ3) is 4.49. The van der Waals surface area contributed by atoms with E-state index in [1.807, 2.05) is 0 Å². The Morgan fingerprint density at radius 2 is 1.88 bits per heavy atom. The van der Waals surface area contributed by atoms with Crippen molar-refractivity contribution in [2.24, 2.45) is 0 Å². The molecule has 0 aromatic carbocycles. The lowest BCUT2D eigenvalue weighted by Crippen LogP contribution is -2.55. The summed E-state index contributed by atoms with van der Waals surface area (Å²) in [6, 6.07) is 0. The predicted molar refractivity (Wildman–Crippen MR) is 62.1 cm³/mol. The van der Waals surface area contributed by atoms with Gasteiger partial charge in [0.25, 0.3) is 10.1 Å². The zero-order chi connectivity index (χ0) is 12.9. The normalized spacial score (nSPS) is 22.3. The molecule has 0 bridgehead atoms. The molecule has 1 fully saturated rings. The minimum atomic E-state index is -4.33. The molecule has 102 valence electrons. The summed E-state index contributed by atoms with van der Waals surface area (Å²) in [6.45, 7) is 2.05. The molecule has 8 heteroatoms. The molecule has 0 spiro atoms. The van der Waals surface area contributed by atoms with E-state index in [0.29, 0.717) is 32.6 Å². The SMILES string of the molecule is O=S(=O)(O)C(C(O)CCCO)N1CCNCC1. The maximum atomic E-state index is 11.3. The number of nitrogens with one attached hydrogen (secondary N) is 1. The Bertz CT molecular complexity index is 315. The van der Waals surface area contributed by atoms with Crippen molar-refractivity contribution in [1.82, 2.24) is 10.2 Å². The molecule has 0 aromatic rings. The molecule has 2 atom stereocenters. The fraction of sp³-hybridized carbons (Fsp3) is 1.00. The van der Waals surface area contributed by atoms with Gasteiger partial charge in [-0.1, -0.05) is 0 Å². The highest BCUT2D eigenvalue weighted by Crippen LogP contribution is 2.16. The summed E-state index contributed by atoms with van der Waals surface area (Å²) in [6.07, 6.45) is -0.736. The van der Waals surface area contributed by atoms with E-state index in [-0.39, 0.29) is 13.0 Å². The summed E-state index contributed by atoms with van der Waals surface area (Å²) >= 11 is 0. The quantitative estimate of drug-likeness (QED) is 0.422. The van der Waals surface area contributed by atoms with Crippen LogP contribution in [0, 0.1) is 0 Å². The molecule has 1 aliphatic heterocycles. The molecule has 1 saturated heterocycles. The predicted octanol–water partition coefficient (Wildman–Crippen LogP) is -1.76. The molecule has 0 saturated carbocycles. The van der Waals surface area contributed by atoms with E-state index in [0.717, 1.165) is 0 Å². The smallest absolute Gasteiger partial charge is 0.283 e. The monoisotopic (exact) mass is 268 g/mol. The number of nitrogens with zero attached hydrogens (tertiary/aromatic N) is 1. The van der Waals surface area contributed by atoms with E-state index in [1.54, 1.807) is 4.90 Å². The van der Waals surface area contributed by atoms with Gasteiger partial charge in [0.15, 0.2) is 5.37 Å². The number of hydrogen-bond acceptors (Lipinski definition) is 6. The first kappa shape index (κ1) is 14.8. The standard InChI is InChI=1S/C9H20N2O5S/c12-7-1-2-8(13)9(17(14,15)16)11-5-3-10-4-6-11/h8-10,12-13H,1-7H2,(H,14,15,16). The van der Waals surface area contributed by atoms with Crippen molar-refractivity contribution in [2.75, 3.05) is 32.8 Å². The minimum Gasteiger partial charge on any atom is -0.396 e. The fourth-order valence-corrected chi connectivity index (χ4v) is 3.13. The van der Waals surface area contributed by atoms with Crippen molar-refractivity contribution in [3.63, 3.8) is 0 Å². The molecule has 0 amide bonds. The Hall–Kier alpha value is -0.250. The molecule has 0 radical (unpaired) electrons. The molecule has 0 aliphatic carbocycles. The number of piperazine rings is 1. The average Bonchev–Trinajstić information content (AvgIpc) is 2.26. The molecular weight excluding hydrogens is 248 g/mol. The van der Waals surface area contributed by atoms with Crippen molar-refractivity contribution in [2.45, 2.75) is 24.3 Å². The maximum absolute atomic E-state index is 11.3. The van der Waals surface area contributed by atoms with Crippen molar-refractivity contribution in [3.05, 3.63) is 0 Å². The van der Waals surface area contributed by atoms with Crippen LogP contribution in [0.4, 0.5) is 0 Å². The van der Waals surface area contributed by atoms with Crippen molar-refractivity contribution >= 4 is 10.1 Å². The number of aliphatic hydroxyl groups is 2. The van der Waals surface area contributed by atoms with E-state index < -0.39 is 21.6 Å². The first-order chi connectivity index (χ1) is 7.96. The Labute approximate surface area is 101 Å². The largest absolute Gasteiger partial charge is 0.396 e. The Morgan fingerprint density at radius 1 is 1.29 bits per heavy atom. The highest BCUT2D eigenvalue weighted by molar-refractivity contribution is 7.86. The summed E-state index contributed by atoms with van der Waals surface area (Å²) in [7, 11) is -4.33. The van der Waals surface area contributed by atoms with Crippen molar-refractivity contribution in [3.8, 4) is 0 Å². The lowest BCUT2D eigenvalue weighted by molar-refractivity contribution is 0.0664. The molecule has 1 rings (SSSR count). The van der Waals surface area contributed by atoms with Gasteiger partial charge >= 0.3 is 0 Å². The van der Waals surface area contributed by atoms with Crippen LogP contribution in [0.25, 0.3) is 0 Å². The van der Waals surface area contributed by atoms with Crippen LogP contribution in [0.15, 0.2) is 0 Å². The number of rotatable bonds is 6. The van der Waals surface area contributed by atoms with Gasteiger partial charge in [-0.2, -0.15) is 8.42 Å². The molecule has 17 heavy (non-hydrogen) atoms. The number of hydrogen-bond donors (Lipinski definition) is 4. The van der Waals surface area contributed by atoms with Crippen LogP contribution in [-0.2, 0) is 10.1 Å². The third-order valence-electron chi connectivity index (χ3n) is 2.80. The van der Waals surface area contributed by atoms with Gasteiger partial charge in [0.05, 0.1) is 6.10 Å².